The summed E-state index contributed by atoms with van der Waals surface area (Å²) >= 11 is 7.46. The predicted octanol–water partition coefficient (Wildman–Crippen LogP) is 4.52. The zero-order valence-electron chi connectivity index (χ0n) is 16.6. The topological polar surface area (TPSA) is 41.4 Å². The molecule has 2 aromatic heterocycles. The van der Waals surface area contributed by atoms with Gasteiger partial charge in [-0.15, -0.1) is 11.3 Å². The van der Waals surface area contributed by atoms with Crippen LogP contribution in [-0.2, 0) is 0 Å². The highest BCUT2D eigenvalue weighted by atomic mass is 35.5. The number of piperazine rings is 1. The lowest BCUT2D eigenvalue weighted by Crippen LogP contribution is -2.44. The molecule has 2 aromatic carbocycles. The standard InChI is InChI=1S/C23H21ClN4OS/c1-26-10-12-27(13-11-26)18-6-8-19(9-7-18)28-15-25-20-14-21(30-22(20)23(28)29)16-2-4-17(24)5-3-16/h2-9,14-15H,10-13H2,1H3. The highest BCUT2D eigenvalue weighted by molar-refractivity contribution is 7.22. The first-order valence-electron chi connectivity index (χ1n) is 9.89. The van der Waals surface area contributed by atoms with Gasteiger partial charge in [0.15, 0.2) is 0 Å². The summed E-state index contributed by atoms with van der Waals surface area (Å²) in [6, 6.07) is 17.8. The molecule has 0 bridgehead atoms. The Morgan fingerprint density at radius 1 is 0.933 bits per heavy atom. The highest BCUT2D eigenvalue weighted by Gasteiger charge is 2.15. The third kappa shape index (κ3) is 3.62. The van der Waals surface area contributed by atoms with Gasteiger partial charge in [0.05, 0.1) is 11.2 Å². The van der Waals surface area contributed by atoms with Crippen molar-refractivity contribution in [3.63, 3.8) is 0 Å². The molecule has 152 valence electrons. The van der Waals surface area contributed by atoms with E-state index in [0.717, 1.165) is 47.8 Å². The van der Waals surface area contributed by atoms with Crippen LogP contribution in [0.2, 0.25) is 5.02 Å². The van der Waals surface area contributed by atoms with E-state index in [1.165, 1.54) is 17.0 Å². The Labute approximate surface area is 183 Å². The zero-order chi connectivity index (χ0) is 20.7. The smallest absolute Gasteiger partial charge is 0.275 e. The molecule has 3 heterocycles. The van der Waals surface area contributed by atoms with E-state index in [0.29, 0.717) is 9.72 Å². The van der Waals surface area contributed by atoms with Gasteiger partial charge < -0.3 is 9.80 Å². The quantitative estimate of drug-likeness (QED) is 0.473. The van der Waals surface area contributed by atoms with Gasteiger partial charge in [0.25, 0.3) is 5.56 Å². The van der Waals surface area contributed by atoms with E-state index in [9.17, 15) is 4.79 Å². The minimum atomic E-state index is -0.0439. The fourth-order valence-electron chi connectivity index (χ4n) is 3.74. The van der Waals surface area contributed by atoms with Gasteiger partial charge in [0.1, 0.15) is 11.0 Å². The van der Waals surface area contributed by atoms with Crippen LogP contribution in [0.15, 0.2) is 65.7 Å². The Kier molecular flexibility index (Phi) is 5.06. The molecule has 1 aliphatic rings. The molecular weight excluding hydrogens is 416 g/mol. The lowest BCUT2D eigenvalue weighted by Gasteiger charge is -2.34. The molecule has 7 heteroatoms. The second-order valence-electron chi connectivity index (χ2n) is 7.56. The number of hydrogen-bond acceptors (Lipinski definition) is 5. The van der Waals surface area contributed by atoms with Gasteiger partial charge in [-0.05, 0) is 55.1 Å². The highest BCUT2D eigenvalue weighted by Crippen LogP contribution is 2.31. The number of aromatic nitrogens is 2. The van der Waals surface area contributed by atoms with Gasteiger partial charge in [0, 0.05) is 41.8 Å². The molecule has 30 heavy (non-hydrogen) atoms. The van der Waals surface area contributed by atoms with Crippen molar-refractivity contribution in [3.05, 3.63) is 76.3 Å². The summed E-state index contributed by atoms with van der Waals surface area (Å²) in [5.41, 5.74) is 3.73. The number of halogens is 1. The van der Waals surface area contributed by atoms with Gasteiger partial charge in [-0.2, -0.15) is 0 Å². The first kappa shape index (κ1) is 19.3. The van der Waals surface area contributed by atoms with Crippen molar-refractivity contribution in [2.75, 3.05) is 38.1 Å². The number of nitrogens with zero attached hydrogens (tertiary/aromatic N) is 4. The van der Waals surface area contributed by atoms with Gasteiger partial charge in [0.2, 0.25) is 0 Å². The van der Waals surface area contributed by atoms with Crippen molar-refractivity contribution in [3.8, 4) is 16.1 Å². The predicted molar refractivity (Wildman–Crippen MR) is 125 cm³/mol. The average Bonchev–Trinajstić information content (AvgIpc) is 3.21. The summed E-state index contributed by atoms with van der Waals surface area (Å²) < 4.78 is 2.28. The van der Waals surface area contributed by atoms with E-state index < -0.39 is 0 Å². The van der Waals surface area contributed by atoms with Crippen molar-refractivity contribution >= 4 is 38.8 Å². The number of benzene rings is 2. The van der Waals surface area contributed by atoms with Crippen LogP contribution < -0.4 is 10.5 Å². The average molecular weight is 437 g/mol. The van der Waals surface area contributed by atoms with E-state index in [1.807, 2.05) is 42.5 Å². The lowest BCUT2D eigenvalue weighted by molar-refractivity contribution is 0.313. The van der Waals surface area contributed by atoms with Crippen molar-refractivity contribution < 1.29 is 0 Å². The van der Waals surface area contributed by atoms with Crippen LogP contribution in [-0.4, -0.2) is 47.7 Å². The number of thiophene rings is 1. The number of fused-ring (bicyclic) bond motifs is 1. The molecule has 4 aromatic rings. The monoisotopic (exact) mass is 436 g/mol. The SMILES string of the molecule is CN1CCN(c2ccc(-n3cnc4cc(-c5ccc(Cl)cc5)sc4c3=O)cc2)CC1. The Balaban J connectivity index is 1.46. The number of hydrogen-bond donors (Lipinski definition) is 0. The zero-order valence-corrected chi connectivity index (χ0v) is 18.2. The molecule has 0 radical (unpaired) electrons. The molecule has 5 rings (SSSR count). The minimum Gasteiger partial charge on any atom is -0.369 e. The summed E-state index contributed by atoms with van der Waals surface area (Å²) in [7, 11) is 2.15. The molecular formula is C23H21ClN4OS. The fourth-order valence-corrected chi connectivity index (χ4v) is 4.91. The molecule has 1 aliphatic heterocycles. The van der Waals surface area contributed by atoms with Crippen molar-refractivity contribution in [1.82, 2.24) is 14.5 Å². The normalized spacial score (nSPS) is 15.1. The number of rotatable bonds is 3. The van der Waals surface area contributed by atoms with Crippen LogP contribution in [0, 0.1) is 0 Å². The third-order valence-corrected chi connectivity index (χ3v) is 6.98. The fraction of sp³-hybridized carbons (Fsp3) is 0.217. The Morgan fingerprint density at radius 3 is 2.30 bits per heavy atom. The summed E-state index contributed by atoms with van der Waals surface area (Å²) in [5.74, 6) is 0. The minimum absolute atomic E-state index is 0.0439. The van der Waals surface area contributed by atoms with Crippen LogP contribution in [0.4, 0.5) is 5.69 Å². The Bertz CT molecular complexity index is 1240. The van der Waals surface area contributed by atoms with Gasteiger partial charge in [-0.1, -0.05) is 23.7 Å². The maximum atomic E-state index is 13.1. The molecule has 0 aliphatic carbocycles. The molecule has 0 saturated carbocycles. The maximum Gasteiger partial charge on any atom is 0.275 e. The van der Waals surface area contributed by atoms with E-state index >= 15 is 0 Å². The molecule has 1 saturated heterocycles. The Morgan fingerprint density at radius 2 is 1.60 bits per heavy atom. The maximum absolute atomic E-state index is 13.1. The summed E-state index contributed by atoms with van der Waals surface area (Å²) in [5, 5.41) is 0.695. The summed E-state index contributed by atoms with van der Waals surface area (Å²) in [6.45, 7) is 4.17. The van der Waals surface area contributed by atoms with Crippen LogP contribution in [0.25, 0.3) is 26.3 Å². The molecule has 0 unspecified atom stereocenters. The molecule has 0 amide bonds. The largest absolute Gasteiger partial charge is 0.369 e. The van der Waals surface area contributed by atoms with E-state index in [2.05, 4.69) is 34.0 Å². The van der Waals surface area contributed by atoms with Crippen LogP contribution in [0.1, 0.15) is 0 Å². The van der Waals surface area contributed by atoms with Crippen molar-refractivity contribution in [2.45, 2.75) is 0 Å². The number of likely N-dealkylation sites (N-methyl/N-ethyl adjacent to an activating group) is 1. The molecule has 0 N–H and O–H groups in total. The van der Waals surface area contributed by atoms with Gasteiger partial charge in [-0.3, -0.25) is 9.36 Å². The molecule has 0 atom stereocenters. The lowest BCUT2D eigenvalue weighted by atomic mass is 10.2. The third-order valence-electron chi connectivity index (χ3n) is 5.56. The van der Waals surface area contributed by atoms with Crippen LogP contribution >= 0.6 is 22.9 Å². The molecule has 5 nitrogen and oxygen atoms in total. The van der Waals surface area contributed by atoms with Gasteiger partial charge >= 0.3 is 0 Å². The Hall–Kier alpha value is -2.67. The molecule has 0 spiro atoms. The van der Waals surface area contributed by atoms with Crippen LogP contribution in [0.5, 0.6) is 0 Å². The first-order valence-corrected chi connectivity index (χ1v) is 11.1. The van der Waals surface area contributed by atoms with Crippen LogP contribution in [0.3, 0.4) is 0 Å². The van der Waals surface area contributed by atoms with Crippen molar-refractivity contribution in [1.29, 1.82) is 0 Å². The second-order valence-corrected chi connectivity index (χ2v) is 9.05. The van der Waals surface area contributed by atoms with E-state index in [4.69, 9.17) is 11.6 Å². The second kappa shape index (κ2) is 7.87. The van der Waals surface area contributed by atoms with E-state index in [1.54, 1.807) is 10.9 Å². The number of anilines is 1. The summed E-state index contributed by atoms with van der Waals surface area (Å²) in [6.07, 6.45) is 1.62. The van der Waals surface area contributed by atoms with E-state index in [-0.39, 0.29) is 5.56 Å². The molecule has 1 fully saturated rings. The van der Waals surface area contributed by atoms with Gasteiger partial charge in [-0.25, -0.2) is 4.98 Å². The first-order chi connectivity index (χ1) is 14.6. The summed E-state index contributed by atoms with van der Waals surface area (Å²) in [4.78, 5) is 23.4. The van der Waals surface area contributed by atoms with Crippen molar-refractivity contribution in [2.24, 2.45) is 0 Å².